The number of aryl methyl sites for hydroxylation is 3. The van der Waals surface area contributed by atoms with Crippen molar-refractivity contribution in [3.05, 3.63) is 47.3 Å². The second kappa shape index (κ2) is 9.03. The molecule has 152 valence electrons. The van der Waals surface area contributed by atoms with Gasteiger partial charge in [-0.3, -0.25) is 4.79 Å². The van der Waals surface area contributed by atoms with Gasteiger partial charge in [0.15, 0.2) is 0 Å². The lowest BCUT2D eigenvalue weighted by molar-refractivity contribution is -0.116. The van der Waals surface area contributed by atoms with Crippen LogP contribution in [0.2, 0.25) is 0 Å². The van der Waals surface area contributed by atoms with Gasteiger partial charge in [0.1, 0.15) is 10.6 Å². The fraction of sp³-hybridized carbons (Fsp3) is 0.368. The van der Waals surface area contributed by atoms with E-state index in [0.29, 0.717) is 5.69 Å². The molecule has 0 unspecified atom stereocenters. The Morgan fingerprint density at radius 1 is 1.18 bits per heavy atom. The quantitative estimate of drug-likeness (QED) is 0.652. The molecular formula is C19H25N3O5S. The average Bonchev–Trinajstić information content (AvgIpc) is 3.01. The number of nitrogens with one attached hydrogen (secondary N) is 2. The molecule has 0 aliphatic rings. The summed E-state index contributed by atoms with van der Waals surface area (Å²) in [6.07, 6.45) is 1.30. The number of nitrogens with zero attached hydrogens (tertiary/aromatic N) is 1. The molecule has 0 aliphatic carbocycles. The van der Waals surface area contributed by atoms with E-state index < -0.39 is 16.0 Å². The molecular weight excluding hydrogens is 382 g/mol. The minimum absolute atomic E-state index is 0.0236. The molecule has 0 saturated heterocycles. The zero-order valence-electron chi connectivity index (χ0n) is 16.4. The first-order valence-electron chi connectivity index (χ1n) is 8.84. The van der Waals surface area contributed by atoms with Crippen LogP contribution in [0, 0.1) is 13.8 Å². The third kappa shape index (κ3) is 5.43. The topological polar surface area (TPSA) is 106 Å². The van der Waals surface area contributed by atoms with Gasteiger partial charge in [0.05, 0.1) is 6.61 Å². The molecule has 0 atom stereocenters. The molecule has 0 fully saturated rings. The number of hydrogen-bond donors (Lipinski definition) is 2. The van der Waals surface area contributed by atoms with Gasteiger partial charge in [0.25, 0.3) is 0 Å². The van der Waals surface area contributed by atoms with E-state index in [1.165, 1.54) is 16.8 Å². The second-order valence-electron chi connectivity index (χ2n) is 6.41. The van der Waals surface area contributed by atoms with Gasteiger partial charge in [-0.1, -0.05) is 12.1 Å². The van der Waals surface area contributed by atoms with E-state index in [2.05, 4.69) is 10.0 Å². The Bertz CT molecular complexity index is 979. The molecule has 0 radical (unpaired) electrons. The Labute approximate surface area is 164 Å². The fourth-order valence-electron chi connectivity index (χ4n) is 2.55. The van der Waals surface area contributed by atoms with Crippen LogP contribution in [-0.2, 0) is 26.6 Å². The molecule has 2 rings (SSSR count). The maximum absolute atomic E-state index is 12.4. The standard InChI is InChI=1S/C19H25N3O5S/c1-5-27-19(24)17-11-15(12-22(17)4)28(25,26)20-9-8-18(23)21-16-10-13(2)6-7-14(16)3/h6-7,10-12,20H,5,8-9H2,1-4H3,(H,21,23). The summed E-state index contributed by atoms with van der Waals surface area (Å²) in [4.78, 5) is 23.9. The van der Waals surface area contributed by atoms with Crippen molar-refractivity contribution in [2.45, 2.75) is 32.1 Å². The highest BCUT2D eigenvalue weighted by Crippen LogP contribution is 2.17. The van der Waals surface area contributed by atoms with E-state index in [4.69, 9.17) is 4.74 Å². The third-order valence-corrected chi connectivity index (χ3v) is 5.51. The summed E-state index contributed by atoms with van der Waals surface area (Å²) in [5.74, 6) is -0.893. The number of benzene rings is 1. The van der Waals surface area contributed by atoms with Gasteiger partial charge < -0.3 is 14.6 Å². The van der Waals surface area contributed by atoms with Gasteiger partial charge in [-0.25, -0.2) is 17.9 Å². The normalized spacial score (nSPS) is 11.3. The molecule has 1 aromatic heterocycles. The first-order chi connectivity index (χ1) is 13.1. The van der Waals surface area contributed by atoms with Crippen molar-refractivity contribution in [3.63, 3.8) is 0 Å². The molecule has 0 bridgehead atoms. The predicted molar refractivity (Wildman–Crippen MR) is 106 cm³/mol. The highest BCUT2D eigenvalue weighted by molar-refractivity contribution is 7.89. The van der Waals surface area contributed by atoms with Gasteiger partial charge in [-0.2, -0.15) is 0 Å². The van der Waals surface area contributed by atoms with Crippen molar-refractivity contribution < 1.29 is 22.7 Å². The van der Waals surface area contributed by atoms with Crippen LogP contribution in [0.4, 0.5) is 5.69 Å². The summed E-state index contributed by atoms with van der Waals surface area (Å²) in [5.41, 5.74) is 2.78. The molecule has 8 nitrogen and oxygen atoms in total. The Kier molecular flexibility index (Phi) is 6.98. The van der Waals surface area contributed by atoms with Crippen molar-refractivity contribution in [1.29, 1.82) is 0 Å². The lowest BCUT2D eigenvalue weighted by atomic mass is 10.1. The smallest absolute Gasteiger partial charge is 0.354 e. The van der Waals surface area contributed by atoms with Gasteiger partial charge in [0, 0.05) is 31.9 Å². The largest absolute Gasteiger partial charge is 0.461 e. The van der Waals surface area contributed by atoms with Crippen LogP contribution in [0.5, 0.6) is 0 Å². The number of aromatic nitrogens is 1. The van der Waals surface area contributed by atoms with Crippen LogP contribution in [0.25, 0.3) is 0 Å². The van der Waals surface area contributed by atoms with Crippen LogP contribution < -0.4 is 10.0 Å². The number of hydrogen-bond acceptors (Lipinski definition) is 5. The summed E-state index contributed by atoms with van der Waals surface area (Å²) in [7, 11) is -2.29. The maximum Gasteiger partial charge on any atom is 0.354 e. The van der Waals surface area contributed by atoms with E-state index >= 15 is 0 Å². The Morgan fingerprint density at radius 3 is 2.57 bits per heavy atom. The average molecular weight is 407 g/mol. The van der Waals surface area contributed by atoms with Gasteiger partial charge in [-0.05, 0) is 44.0 Å². The highest BCUT2D eigenvalue weighted by atomic mass is 32.2. The number of esters is 1. The van der Waals surface area contributed by atoms with Gasteiger partial charge in [0.2, 0.25) is 15.9 Å². The molecule has 2 aromatic rings. The minimum Gasteiger partial charge on any atom is -0.461 e. The van der Waals surface area contributed by atoms with E-state index in [-0.39, 0.29) is 36.1 Å². The number of sulfonamides is 1. The Balaban J connectivity index is 1.96. The second-order valence-corrected chi connectivity index (χ2v) is 8.17. The molecule has 0 spiro atoms. The van der Waals surface area contributed by atoms with Crippen LogP contribution in [0.15, 0.2) is 35.4 Å². The SMILES string of the molecule is CCOC(=O)c1cc(S(=O)(=O)NCCC(=O)Nc2cc(C)ccc2C)cn1C. The van der Waals surface area contributed by atoms with Crippen LogP contribution >= 0.6 is 0 Å². The molecule has 28 heavy (non-hydrogen) atoms. The lowest BCUT2D eigenvalue weighted by Crippen LogP contribution is -2.27. The van der Waals surface area contributed by atoms with Crippen molar-refractivity contribution in [2.75, 3.05) is 18.5 Å². The molecule has 1 heterocycles. The number of carbonyl (C=O) groups excluding carboxylic acids is 2. The molecule has 1 aromatic carbocycles. The van der Waals surface area contributed by atoms with E-state index in [9.17, 15) is 18.0 Å². The number of amides is 1. The van der Waals surface area contributed by atoms with Crippen molar-refractivity contribution in [3.8, 4) is 0 Å². The fourth-order valence-corrected chi connectivity index (χ4v) is 3.66. The van der Waals surface area contributed by atoms with Crippen molar-refractivity contribution in [1.82, 2.24) is 9.29 Å². The Hall–Kier alpha value is -2.65. The van der Waals surface area contributed by atoms with Crippen molar-refractivity contribution >= 4 is 27.6 Å². The van der Waals surface area contributed by atoms with Gasteiger partial charge in [-0.15, -0.1) is 0 Å². The highest BCUT2D eigenvalue weighted by Gasteiger charge is 2.21. The summed E-state index contributed by atoms with van der Waals surface area (Å²) in [6.45, 7) is 5.60. The molecule has 1 amide bonds. The third-order valence-electron chi connectivity index (χ3n) is 4.09. The monoisotopic (exact) mass is 407 g/mol. The van der Waals surface area contributed by atoms with Crippen molar-refractivity contribution in [2.24, 2.45) is 7.05 Å². The number of carbonyl (C=O) groups is 2. The summed E-state index contributed by atoms with van der Waals surface area (Å²) < 4.78 is 33.5. The number of rotatable bonds is 8. The van der Waals surface area contributed by atoms with Crippen LogP contribution in [0.1, 0.15) is 35.0 Å². The van der Waals surface area contributed by atoms with E-state index in [0.717, 1.165) is 11.1 Å². The van der Waals surface area contributed by atoms with Crippen LogP contribution in [0.3, 0.4) is 0 Å². The summed E-state index contributed by atoms with van der Waals surface area (Å²) in [6, 6.07) is 6.96. The molecule has 9 heteroatoms. The number of ether oxygens (including phenoxy) is 1. The van der Waals surface area contributed by atoms with E-state index in [1.54, 1.807) is 14.0 Å². The molecule has 0 saturated carbocycles. The van der Waals surface area contributed by atoms with Gasteiger partial charge >= 0.3 is 5.97 Å². The minimum atomic E-state index is -3.85. The predicted octanol–water partition coefficient (Wildman–Crippen LogP) is 2.13. The lowest BCUT2D eigenvalue weighted by Gasteiger charge is -2.10. The maximum atomic E-state index is 12.4. The molecule has 2 N–H and O–H groups in total. The molecule has 0 aliphatic heterocycles. The zero-order chi connectivity index (χ0) is 20.9. The van der Waals surface area contributed by atoms with E-state index in [1.807, 2.05) is 32.0 Å². The zero-order valence-corrected chi connectivity index (χ0v) is 17.2. The number of anilines is 1. The van der Waals surface area contributed by atoms with Crippen LogP contribution in [-0.4, -0.2) is 38.0 Å². The summed E-state index contributed by atoms with van der Waals surface area (Å²) >= 11 is 0. The first-order valence-corrected chi connectivity index (χ1v) is 10.3. The first kappa shape index (κ1) is 21.6. The Morgan fingerprint density at radius 2 is 1.89 bits per heavy atom. The summed E-state index contributed by atoms with van der Waals surface area (Å²) in [5, 5.41) is 2.78.